The topological polar surface area (TPSA) is 179 Å². The van der Waals surface area contributed by atoms with Crippen molar-refractivity contribution in [2.75, 3.05) is 58.6 Å². The van der Waals surface area contributed by atoms with Gasteiger partial charge in [0.2, 0.25) is 0 Å². The summed E-state index contributed by atoms with van der Waals surface area (Å²) >= 11 is 1.78. The molecule has 2 aliphatic heterocycles. The van der Waals surface area contributed by atoms with Gasteiger partial charge in [-0.05, 0) is 67.5 Å². The van der Waals surface area contributed by atoms with E-state index in [1.807, 2.05) is 21.9 Å². The summed E-state index contributed by atoms with van der Waals surface area (Å²) in [6.07, 6.45) is 5.40. The summed E-state index contributed by atoms with van der Waals surface area (Å²) in [5.41, 5.74) is 4.04. The molecule has 2 aromatic carbocycles. The number of hydrogen-bond acceptors (Lipinski definition) is 8. The number of amides is 2. The molecule has 0 unspecified atom stereocenters. The Bertz CT molecular complexity index is 1530. The van der Waals surface area contributed by atoms with Crippen LogP contribution in [0, 0.1) is 5.82 Å². The molecule has 3 aliphatic rings. The zero-order valence-electron chi connectivity index (χ0n) is 28.9. The van der Waals surface area contributed by atoms with Crippen LogP contribution in [0.5, 0.6) is 0 Å². The van der Waals surface area contributed by atoms with E-state index in [9.17, 15) is 28.4 Å². The van der Waals surface area contributed by atoms with Gasteiger partial charge >= 0.3 is 29.9 Å². The third-order valence-electron chi connectivity index (χ3n) is 8.78. The third-order valence-corrected chi connectivity index (χ3v) is 9.51. The summed E-state index contributed by atoms with van der Waals surface area (Å²) in [7, 11) is 0. The smallest absolute Gasteiger partial charge is 0.328 e. The fraction of sp³-hybridized carbons (Fsp3) is 0.417. The molecule has 276 valence electrons. The highest BCUT2D eigenvalue weighted by atomic mass is 32.2. The SMILES string of the molecule is CSc1ccc2c(c1)[C@@H](c1ccc(F)cc1)C[C@@H]2N1CCN(CCN2CCN(C(C)C)C2=O)CC1.O=C(O)/C=C\C(=O)O.O=C(O)/C=C\C(=O)O. The second-order valence-electron chi connectivity index (χ2n) is 12.3. The Morgan fingerprint density at radius 3 is 1.80 bits per heavy atom. The Kier molecular flexibility index (Phi) is 15.6. The van der Waals surface area contributed by atoms with Crippen LogP contribution in [0.4, 0.5) is 9.18 Å². The maximum Gasteiger partial charge on any atom is 0.328 e. The van der Waals surface area contributed by atoms with E-state index in [1.54, 1.807) is 23.9 Å². The van der Waals surface area contributed by atoms with E-state index in [1.165, 1.54) is 21.6 Å². The van der Waals surface area contributed by atoms with Crippen LogP contribution in [0.25, 0.3) is 0 Å². The summed E-state index contributed by atoms with van der Waals surface area (Å²) in [6.45, 7) is 11.8. The largest absolute Gasteiger partial charge is 0.478 e. The second kappa shape index (κ2) is 19.6. The van der Waals surface area contributed by atoms with Crippen LogP contribution in [0.2, 0.25) is 0 Å². The van der Waals surface area contributed by atoms with Crippen molar-refractivity contribution >= 4 is 41.7 Å². The molecule has 13 nitrogen and oxygen atoms in total. The van der Waals surface area contributed by atoms with Crippen molar-refractivity contribution in [1.82, 2.24) is 19.6 Å². The highest BCUT2D eigenvalue weighted by Gasteiger charge is 2.37. The van der Waals surface area contributed by atoms with Crippen molar-refractivity contribution in [3.63, 3.8) is 0 Å². The summed E-state index contributed by atoms with van der Waals surface area (Å²) in [6, 6.07) is 14.9. The standard InChI is InChI=1S/C28H37FN4OS.2C4H4O4/c1-20(2)33-17-16-32(28(33)34)15-12-30-10-13-31(14-11-30)27-19-25(21-4-6-22(29)7-5-21)26-18-23(35-3)8-9-24(26)27;2*5-3(6)1-2-4(7)8/h4-9,18,20,25,27H,10-17,19H2,1-3H3;2*1-2H,(H,5,6)(H,7,8)/b;2*2-1-/t25-,27+;;/m1../s1. The van der Waals surface area contributed by atoms with Crippen molar-refractivity contribution in [2.24, 2.45) is 0 Å². The van der Waals surface area contributed by atoms with Gasteiger partial charge in [-0.15, -0.1) is 11.8 Å². The van der Waals surface area contributed by atoms with Gasteiger partial charge in [0.1, 0.15) is 5.82 Å². The molecular weight excluding hydrogens is 683 g/mol. The number of carbonyl (C=O) groups excluding carboxylic acids is 1. The Hall–Kier alpha value is -4.73. The lowest BCUT2D eigenvalue weighted by molar-refractivity contribution is -0.134. The number of thioether (sulfide) groups is 1. The minimum Gasteiger partial charge on any atom is -0.478 e. The lowest BCUT2D eigenvalue weighted by atomic mass is 9.93. The lowest BCUT2D eigenvalue weighted by Crippen LogP contribution is -2.49. The minimum atomic E-state index is -1.26. The zero-order chi connectivity index (χ0) is 37.7. The van der Waals surface area contributed by atoms with E-state index in [-0.39, 0.29) is 17.9 Å². The second-order valence-corrected chi connectivity index (χ2v) is 13.2. The Morgan fingerprint density at radius 1 is 0.784 bits per heavy atom. The van der Waals surface area contributed by atoms with Gasteiger partial charge in [-0.2, -0.15) is 0 Å². The number of piperazine rings is 1. The van der Waals surface area contributed by atoms with Gasteiger partial charge in [0.05, 0.1) is 0 Å². The van der Waals surface area contributed by atoms with Crippen LogP contribution in [0.15, 0.2) is 71.7 Å². The molecule has 1 aliphatic carbocycles. The number of halogens is 1. The van der Waals surface area contributed by atoms with Crippen LogP contribution < -0.4 is 0 Å². The first-order valence-electron chi connectivity index (χ1n) is 16.4. The number of hydrogen-bond donors (Lipinski definition) is 4. The summed E-state index contributed by atoms with van der Waals surface area (Å²) in [4.78, 5) is 61.2. The van der Waals surface area contributed by atoms with Crippen molar-refractivity contribution in [3.8, 4) is 0 Å². The number of aliphatic carboxylic acids is 4. The molecule has 2 aromatic rings. The van der Waals surface area contributed by atoms with Crippen molar-refractivity contribution < 1.29 is 48.8 Å². The van der Waals surface area contributed by atoms with Gasteiger partial charge in [0, 0.05) is 99.6 Å². The molecule has 4 N–H and O–H groups in total. The molecule has 0 aromatic heterocycles. The van der Waals surface area contributed by atoms with Crippen molar-refractivity contribution in [2.45, 2.75) is 43.2 Å². The maximum atomic E-state index is 13.6. The molecule has 2 amide bonds. The van der Waals surface area contributed by atoms with Gasteiger partial charge in [0.25, 0.3) is 0 Å². The molecule has 2 atom stereocenters. The van der Waals surface area contributed by atoms with E-state index >= 15 is 0 Å². The average Bonchev–Trinajstić information content (AvgIpc) is 3.66. The van der Waals surface area contributed by atoms with Gasteiger partial charge in [-0.3, -0.25) is 9.80 Å². The molecule has 2 fully saturated rings. The Balaban J connectivity index is 0.000000366. The van der Waals surface area contributed by atoms with E-state index in [0.717, 1.165) is 58.8 Å². The molecule has 2 saturated heterocycles. The monoisotopic (exact) mass is 728 g/mol. The molecule has 51 heavy (non-hydrogen) atoms. The number of carboxylic acids is 4. The van der Waals surface area contributed by atoms with E-state index in [4.69, 9.17) is 20.4 Å². The van der Waals surface area contributed by atoms with Crippen LogP contribution in [0.1, 0.15) is 48.9 Å². The predicted molar refractivity (Wildman–Crippen MR) is 189 cm³/mol. The fourth-order valence-electron chi connectivity index (χ4n) is 6.25. The number of carbonyl (C=O) groups is 5. The number of rotatable bonds is 11. The van der Waals surface area contributed by atoms with Crippen LogP contribution in [-0.2, 0) is 19.2 Å². The highest BCUT2D eigenvalue weighted by Crippen LogP contribution is 2.48. The van der Waals surface area contributed by atoms with Crippen LogP contribution in [-0.4, -0.2) is 135 Å². The molecule has 0 radical (unpaired) electrons. The summed E-state index contributed by atoms with van der Waals surface area (Å²) in [5.74, 6) is -4.89. The first-order valence-corrected chi connectivity index (χ1v) is 17.7. The van der Waals surface area contributed by atoms with Crippen molar-refractivity contribution in [3.05, 3.63) is 89.3 Å². The normalized spacial score (nSPS) is 19.1. The lowest BCUT2D eigenvalue weighted by Gasteiger charge is -2.39. The third kappa shape index (κ3) is 12.5. The summed E-state index contributed by atoms with van der Waals surface area (Å²) in [5, 5.41) is 31.2. The van der Waals surface area contributed by atoms with Gasteiger partial charge < -0.3 is 30.2 Å². The minimum absolute atomic E-state index is 0.176. The molecule has 0 bridgehead atoms. The molecule has 0 saturated carbocycles. The van der Waals surface area contributed by atoms with Crippen LogP contribution >= 0.6 is 11.8 Å². The van der Waals surface area contributed by atoms with Gasteiger partial charge in [0.15, 0.2) is 0 Å². The van der Waals surface area contributed by atoms with E-state index in [0.29, 0.717) is 36.3 Å². The quantitative estimate of drug-likeness (QED) is 0.191. The number of nitrogens with zero attached hydrogens (tertiary/aromatic N) is 4. The average molecular weight is 729 g/mol. The molecular formula is C36H45FN4O9S. The number of carboxylic acid groups (broad SMARTS) is 4. The Morgan fingerprint density at radius 2 is 1.33 bits per heavy atom. The van der Waals surface area contributed by atoms with Gasteiger partial charge in [-0.25, -0.2) is 28.4 Å². The zero-order valence-corrected chi connectivity index (χ0v) is 29.7. The van der Waals surface area contributed by atoms with Gasteiger partial charge in [-0.1, -0.05) is 18.2 Å². The van der Waals surface area contributed by atoms with E-state index in [2.05, 4.69) is 48.1 Å². The Labute approximate surface area is 300 Å². The van der Waals surface area contributed by atoms with Crippen molar-refractivity contribution in [1.29, 1.82) is 0 Å². The first kappa shape index (κ1) is 40.7. The predicted octanol–water partition coefficient (Wildman–Crippen LogP) is 4.31. The highest BCUT2D eigenvalue weighted by molar-refractivity contribution is 7.98. The molecule has 0 spiro atoms. The number of fused-ring (bicyclic) bond motifs is 1. The maximum absolute atomic E-state index is 13.6. The molecule has 2 heterocycles. The summed E-state index contributed by atoms with van der Waals surface area (Å²) < 4.78 is 13.6. The van der Waals surface area contributed by atoms with Crippen LogP contribution in [0.3, 0.4) is 0 Å². The molecule has 5 rings (SSSR count). The number of benzene rings is 2. The van der Waals surface area contributed by atoms with E-state index < -0.39 is 23.9 Å². The fourth-order valence-corrected chi connectivity index (χ4v) is 6.70. The molecule has 15 heteroatoms. The number of urea groups is 1. The first-order chi connectivity index (χ1) is 24.2.